The lowest BCUT2D eigenvalue weighted by atomic mass is 9.84. The number of aromatic nitrogens is 2. The van der Waals surface area contributed by atoms with Gasteiger partial charge < -0.3 is 14.2 Å². The Labute approximate surface area is 170 Å². The highest BCUT2D eigenvalue weighted by Crippen LogP contribution is 2.29. The highest BCUT2D eigenvalue weighted by molar-refractivity contribution is 5.79. The summed E-state index contributed by atoms with van der Waals surface area (Å²) in [5.41, 5.74) is 1.97. The maximum absolute atomic E-state index is 12.9. The number of amides is 1. The molecule has 150 valence electrons. The molecule has 0 bridgehead atoms. The second-order valence-corrected chi connectivity index (χ2v) is 7.37. The molecule has 3 aromatic rings. The van der Waals surface area contributed by atoms with Crippen LogP contribution in [0.4, 0.5) is 0 Å². The lowest BCUT2D eigenvalue weighted by molar-refractivity contribution is -0.138. The maximum atomic E-state index is 12.9. The molecule has 1 aromatic heterocycles. The minimum atomic E-state index is 0.161. The molecule has 1 fully saturated rings. The number of methoxy groups -OCH3 is 1. The molecule has 1 aliphatic carbocycles. The van der Waals surface area contributed by atoms with Gasteiger partial charge in [-0.1, -0.05) is 54.0 Å². The zero-order chi connectivity index (χ0) is 20.1. The summed E-state index contributed by atoms with van der Waals surface area (Å²) in [5, 5.41) is 4.09. The zero-order valence-electron chi connectivity index (χ0n) is 16.6. The lowest BCUT2D eigenvalue weighted by Gasteiger charge is -2.31. The summed E-state index contributed by atoms with van der Waals surface area (Å²) >= 11 is 0. The van der Waals surface area contributed by atoms with E-state index in [1.807, 2.05) is 47.4 Å². The van der Waals surface area contributed by atoms with Crippen molar-refractivity contribution in [2.24, 2.45) is 5.92 Å². The molecule has 0 atom stereocenters. The molecule has 0 N–H and O–H groups in total. The Morgan fingerprint density at radius 3 is 2.72 bits per heavy atom. The first-order valence-corrected chi connectivity index (χ1v) is 10.0. The fourth-order valence-electron chi connectivity index (χ4n) is 3.45. The predicted octanol–water partition coefficient (Wildman–Crippen LogP) is 4.12. The van der Waals surface area contributed by atoms with Crippen LogP contribution in [0.3, 0.4) is 0 Å². The standard InChI is InChI=1S/C23H25N3O3/c1-28-20-12-6-11-19(15-20)22-24-21(29-25-22)13-14-26(23(27)18-9-5-10-18)16-17-7-3-2-4-8-17/h2-4,6-8,11-12,15,18H,5,9-10,13-14,16H2,1H3. The van der Waals surface area contributed by atoms with E-state index in [9.17, 15) is 4.79 Å². The Hall–Kier alpha value is -3.15. The van der Waals surface area contributed by atoms with Gasteiger partial charge >= 0.3 is 0 Å². The smallest absolute Gasteiger partial charge is 0.228 e. The maximum Gasteiger partial charge on any atom is 0.228 e. The van der Waals surface area contributed by atoms with Gasteiger partial charge in [-0.15, -0.1) is 0 Å². The largest absolute Gasteiger partial charge is 0.497 e. The van der Waals surface area contributed by atoms with Crippen LogP contribution in [-0.2, 0) is 17.8 Å². The quantitative estimate of drug-likeness (QED) is 0.578. The van der Waals surface area contributed by atoms with Crippen LogP contribution in [0.5, 0.6) is 5.75 Å². The van der Waals surface area contributed by atoms with E-state index in [1.165, 1.54) is 0 Å². The normalized spacial score (nSPS) is 13.7. The SMILES string of the molecule is COc1cccc(-c2noc(CCN(Cc3ccccc3)C(=O)C3CCC3)n2)c1. The van der Waals surface area contributed by atoms with E-state index in [0.717, 1.165) is 36.1 Å². The summed E-state index contributed by atoms with van der Waals surface area (Å²) in [7, 11) is 1.63. The molecule has 6 heteroatoms. The number of rotatable bonds is 8. The summed E-state index contributed by atoms with van der Waals surface area (Å²) in [6, 6.07) is 17.6. The predicted molar refractivity (Wildman–Crippen MR) is 109 cm³/mol. The van der Waals surface area contributed by atoms with Gasteiger partial charge in [-0.25, -0.2) is 0 Å². The molecule has 1 saturated carbocycles. The molecule has 0 aliphatic heterocycles. The molecule has 29 heavy (non-hydrogen) atoms. The van der Waals surface area contributed by atoms with E-state index in [2.05, 4.69) is 22.3 Å². The van der Waals surface area contributed by atoms with Crippen molar-refractivity contribution < 1.29 is 14.1 Å². The number of carbonyl (C=O) groups is 1. The van der Waals surface area contributed by atoms with Crippen LogP contribution in [0.25, 0.3) is 11.4 Å². The van der Waals surface area contributed by atoms with Crippen LogP contribution < -0.4 is 4.74 Å². The molecule has 0 unspecified atom stereocenters. The van der Waals surface area contributed by atoms with Gasteiger partial charge in [-0.2, -0.15) is 4.98 Å². The van der Waals surface area contributed by atoms with Crippen LogP contribution in [0.15, 0.2) is 59.1 Å². The van der Waals surface area contributed by atoms with Crippen molar-refractivity contribution in [2.75, 3.05) is 13.7 Å². The molecule has 0 spiro atoms. The third-order valence-electron chi connectivity index (χ3n) is 5.37. The van der Waals surface area contributed by atoms with Crippen molar-refractivity contribution in [3.8, 4) is 17.1 Å². The highest BCUT2D eigenvalue weighted by Gasteiger charge is 2.29. The summed E-state index contributed by atoms with van der Waals surface area (Å²) in [4.78, 5) is 19.3. The number of hydrogen-bond donors (Lipinski definition) is 0. The molecule has 4 rings (SSSR count). The number of ether oxygens (including phenoxy) is 1. The third kappa shape index (κ3) is 4.65. The van der Waals surface area contributed by atoms with E-state index in [0.29, 0.717) is 31.2 Å². The van der Waals surface area contributed by atoms with Crippen molar-refractivity contribution in [2.45, 2.75) is 32.2 Å². The van der Waals surface area contributed by atoms with Crippen molar-refractivity contribution in [3.05, 3.63) is 66.1 Å². The fraction of sp³-hybridized carbons (Fsp3) is 0.348. The summed E-state index contributed by atoms with van der Waals surface area (Å²) in [5.74, 6) is 2.19. The Kier molecular flexibility index (Phi) is 5.89. The fourth-order valence-corrected chi connectivity index (χ4v) is 3.45. The Bertz CT molecular complexity index is 951. The number of nitrogens with zero attached hydrogens (tertiary/aromatic N) is 3. The van der Waals surface area contributed by atoms with Gasteiger partial charge in [0.25, 0.3) is 0 Å². The molecule has 2 aromatic carbocycles. The molecule has 1 heterocycles. The lowest BCUT2D eigenvalue weighted by Crippen LogP contribution is -2.39. The summed E-state index contributed by atoms with van der Waals surface area (Å²) in [6.45, 7) is 1.16. The van der Waals surface area contributed by atoms with Crippen LogP contribution in [0.1, 0.15) is 30.7 Å². The average molecular weight is 391 g/mol. The second-order valence-electron chi connectivity index (χ2n) is 7.37. The monoisotopic (exact) mass is 391 g/mol. The van der Waals surface area contributed by atoms with Gasteiger partial charge in [0.15, 0.2) is 0 Å². The van der Waals surface area contributed by atoms with E-state index in [-0.39, 0.29) is 11.8 Å². The molecule has 1 aliphatic rings. The van der Waals surface area contributed by atoms with Crippen LogP contribution >= 0.6 is 0 Å². The molecule has 0 radical (unpaired) electrons. The Morgan fingerprint density at radius 1 is 1.17 bits per heavy atom. The van der Waals surface area contributed by atoms with Gasteiger partial charge in [0.2, 0.25) is 17.6 Å². The first kappa shape index (κ1) is 19.2. The van der Waals surface area contributed by atoms with Gasteiger partial charge in [0.05, 0.1) is 7.11 Å². The number of hydrogen-bond acceptors (Lipinski definition) is 5. The van der Waals surface area contributed by atoms with E-state index in [1.54, 1.807) is 7.11 Å². The van der Waals surface area contributed by atoms with Gasteiger partial charge in [-0.05, 0) is 30.5 Å². The van der Waals surface area contributed by atoms with Crippen molar-refractivity contribution in [1.82, 2.24) is 15.0 Å². The Balaban J connectivity index is 1.44. The Morgan fingerprint density at radius 2 is 2.00 bits per heavy atom. The molecular formula is C23H25N3O3. The van der Waals surface area contributed by atoms with E-state index < -0.39 is 0 Å². The molecule has 1 amide bonds. The van der Waals surface area contributed by atoms with Crippen molar-refractivity contribution >= 4 is 5.91 Å². The molecule has 0 saturated heterocycles. The van der Waals surface area contributed by atoms with Gasteiger partial charge in [0, 0.05) is 31.0 Å². The van der Waals surface area contributed by atoms with Crippen LogP contribution in [0.2, 0.25) is 0 Å². The van der Waals surface area contributed by atoms with Crippen LogP contribution in [-0.4, -0.2) is 34.6 Å². The number of benzene rings is 2. The van der Waals surface area contributed by atoms with Crippen molar-refractivity contribution in [3.63, 3.8) is 0 Å². The van der Waals surface area contributed by atoms with Crippen LogP contribution in [0, 0.1) is 5.92 Å². The van der Waals surface area contributed by atoms with Crippen molar-refractivity contribution in [1.29, 1.82) is 0 Å². The summed E-state index contributed by atoms with van der Waals surface area (Å²) < 4.78 is 10.7. The molecule has 6 nitrogen and oxygen atoms in total. The first-order chi connectivity index (χ1) is 14.2. The van der Waals surface area contributed by atoms with Gasteiger partial charge in [-0.3, -0.25) is 4.79 Å². The topological polar surface area (TPSA) is 68.5 Å². The average Bonchev–Trinajstić information content (AvgIpc) is 3.19. The third-order valence-corrected chi connectivity index (χ3v) is 5.37. The minimum absolute atomic E-state index is 0.161. The molecular weight excluding hydrogens is 366 g/mol. The highest BCUT2D eigenvalue weighted by atomic mass is 16.5. The zero-order valence-corrected chi connectivity index (χ0v) is 16.6. The first-order valence-electron chi connectivity index (χ1n) is 10.0. The summed E-state index contributed by atoms with van der Waals surface area (Å²) in [6.07, 6.45) is 3.65. The van der Waals surface area contributed by atoms with E-state index in [4.69, 9.17) is 9.26 Å². The van der Waals surface area contributed by atoms with E-state index >= 15 is 0 Å². The number of carbonyl (C=O) groups excluding carboxylic acids is 1. The minimum Gasteiger partial charge on any atom is -0.497 e. The second kappa shape index (κ2) is 8.90. The van der Waals surface area contributed by atoms with Gasteiger partial charge in [0.1, 0.15) is 5.75 Å².